The van der Waals surface area contributed by atoms with Crippen LogP contribution >= 0.6 is 23.2 Å². The van der Waals surface area contributed by atoms with E-state index in [1.54, 1.807) is 13.2 Å². The number of carbonyl (C=O) groups is 1. The van der Waals surface area contributed by atoms with E-state index in [9.17, 15) is 9.90 Å². The van der Waals surface area contributed by atoms with E-state index in [2.05, 4.69) is 4.90 Å². The Hall–Kier alpha value is -1.75. The van der Waals surface area contributed by atoms with Crippen molar-refractivity contribution >= 4 is 29.2 Å². The lowest BCUT2D eigenvalue weighted by molar-refractivity contribution is -0.143. The first-order valence-corrected chi connectivity index (χ1v) is 9.31. The average Bonchev–Trinajstić information content (AvgIpc) is 2.65. The fourth-order valence-corrected chi connectivity index (χ4v) is 3.91. The minimum absolute atomic E-state index is 0.150. The Morgan fingerprint density at radius 3 is 2.69 bits per heavy atom. The molecular weight excluding hydrogens is 373 g/mol. The first-order valence-electron chi connectivity index (χ1n) is 8.56. The van der Waals surface area contributed by atoms with Crippen LogP contribution in [0.5, 0.6) is 5.75 Å². The minimum Gasteiger partial charge on any atom is -0.496 e. The van der Waals surface area contributed by atoms with Crippen molar-refractivity contribution in [2.75, 3.05) is 20.2 Å². The van der Waals surface area contributed by atoms with E-state index in [0.717, 1.165) is 29.8 Å². The van der Waals surface area contributed by atoms with E-state index in [1.165, 1.54) is 0 Å². The number of para-hydroxylation sites is 1. The number of methoxy groups -OCH3 is 1. The maximum atomic E-state index is 11.5. The van der Waals surface area contributed by atoms with Gasteiger partial charge in [-0.3, -0.25) is 9.69 Å². The number of carboxylic acid groups (broad SMARTS) is 1. The summed E-state index contributed by atoms with van der Waals surface area (Å²) in [6.45, 7) is 1.30. The van der Waals surface area contributed by atoms with E-state index in [1.807, 2.05) is 36.4 Å². The molecule has 6 heteroatoms. The van der Waals surface area contributed by atoms with Crippen molar-refractivity contribution < 1.29 is 14.6 Å². The molecule has 2 unspecified atom stereocenters. The van der Waals surface area contributed by atoms with E-state index in [0.29, 0.717) is 23.0 Å². The van der Waals surface area contributed by atoms with Crippen LogP contribution in [0, 0.1) is 5.92 Å². The van der Waals surface area contributed by atoms with Crippen molar-refractivity contribution in [2.45, 2.75) is 18.9 Å². The van der Waals surface area contributed by atoms with Gasteiger partial charge in [-0.2, -0.15) is 0 Å². The summed E-state index contributed by atoms with van der Waals surface area (Å²) in [6.07, 6.45) is 1.54. The third-order valence-corrected chi connectivity index (χ3v) is 5.60. The third kappa shape index (κ3) is 3.98. The molecule has 0 aliphatic carbocycles. The molecule has 0 radical (unpaired) electrons. The zero-order valence-electron chi connectivity index (χ0n) is 14.5. The number of carboxylic acids is 1. The average molecular weight is 394 g/mol. The number of benzene rings is 2. The maximum Gasteiger partial charge on any atom is 0.307 e. The van der Waals surface area contributed by atoms with Crippen LogP contribution in [0.3, 0.4) is 0 Å². The minimum atomic E-state index is -0.748. The number of rotatable bonds is 5. The molecule has 2 atom stereocenters. The molecule has 2 aromatic carbocycles. The van der Waals surface area contributed by atoms with E-state index in [-0.39, 0.29) is 12.0 Å². The van der Waals surface area contributed by atoms with Gasteiger partial charge in [-0.1, -0.05) is 47.5 Å². The van der Waals surface area contributed by atoms with Gasteiger partial charge in [-0.25, -0.2) is 0 Å². The van der Waals surface area contributed by atoms with Gasteiger partial charge in [0.2, 0.25) is 0 Å². The monoisotopic (exact) mass is 393 g/mol. The summed E-state index contributed by atoms with van der Waals surface area (Å²) in [7, 11) is 1.64. The number of halogens is 2. The van der Waals surface area contributed by atoms with Crippen LogP contribution in [0.4, 0.5) is 0 Å². The second-order valence-electron chi connectivity index (χ2n) is 6.49. The van der Waals surface area contributed by atoms with Gasteiger partial charge in [0, 0.05) is 12.1 Å². The molecule has 1 heterocycles. The highest BCUT2D eigenvalue weighted by Gasteiger charge is 2.32. The summed E-state index contributed by atoms with van der Waals surface area (Å²) in [6, 6.07) is 13.2. The Kier molecular flexibility index (Phi) is 6.07. The highest BCUT2D eigenvalue weighted by molar-refractivity contribution is 6.42. The molecule has 0 aromatic heterocycles. The molecule has 1 N–H and O–H groups in total. The van der Waals surface area contributed by atoms with Gasteiger partial charge in [-0.05, 0) is 43.1 Å². The largest absolute Gasteiger partial charge is 0.496 e. The predicted octanol–water partition coefficient (Wildman–Crippen LogP) is 4.89. The van der Waals surface area contributed by atoms with Gasteiger partial charge in [0.05, 0.1) is 29.1 Å². The Morgan fingerprint density at radius 1 is 1.23 bits per heavy atom. The van der Waals surface area contributed by atoms with Crippen molar-refractivity contribution in [3.8, 4) is 5.75 Å². The molecule has 4 nitrogen and oxygen atoms in total. The normalized spacial score (nSPS) is 19.1. The van der Waals surface area contributed by atoms with Gasteiger partial charge in [0.1, 0.15) is 5.75 Å². The molecule has 1 aliphatic rings. The van der Waals surface area contributed by atoms with Crippen LogP contribution in [0.25, 0.3) is 0 Å². The molecule has 0 saturated carbocycles. The Morgan fingerprint density at radius 2 is 2.00 bits per heavy atom. The smallest absolute Gasteiger partial charge is 0.307 e. The molecule has 0 amide bonds. The molecule has 1 saturated heterocycles. The summed E-state index contributed by atoms with van der Waals surface area (Å²) in [4.78, 5) is 13.7. The van der Waals surface area contributed by atoms with Gasteiger partial charge in [0.25, 0.3) is 0 Å². The standard InChI is InChI=1S/C20H21Cl2NO3/c1-26-18-7-3-2-6-15(18)19(13-8-9-16(21)17(22)11-13)23-10-4-5-14(12-23)20(24)25/h2-3,6-9,11,14,19H,4-5,10,12H2,1H3,(H,24,25). The second-order valence-corrected chi connectivity index (χ2v) is 7.30. The number of ether oxygens (including phenoxy) is 1. The van der Waals surface area contributed by atoms with Crippen molar-refractivity contribution in [3.05, 3.63) is 63.6 Å². The summed E-state index contributed by atoms with van der Waals surface area (Å²) < 4.78 is 5.56. The topological polar surface area (TPSA) is 49.8 Å². The third-order valence-electron chi connectivity index (χ3n) is 4.86. The van der Waals surface area contributed by atoms with Crippen LogP contribution in [0.2, 0.25) is 10.0 Å². The fraction of sp³-hybridized carbons (Fsp3) is 0.350. The van der Waals surface area contributed by atoms with Gasteiger partial charge in [0.15, 0.2) is 0 Å². The molecule has 0 spiro atoms. The maximum absolute atomic E-state index is 11.5. The van der Waals surface area contributed by atoms with E-state index < -0.39 is 5.97 Å². The van der Waals surface area contributed by atoms with Gasteiger partial charge in [-0.15, -0.1) is 0 Å². The summed E-state index contributed by atoms with van der Waals surface area (Å²) in [5, 5.41) is 10.4. The lowest BCUT2D eigenvalue weighted by atomic mass is 9.91. The predicted molar refractivity (Wildman–Crippen MR) is 103 cm³/mol. The zero-order chi connectivity index (χ0) is 18.7. The molecule has 3 rings (SSSR count). The highest BCUT2D eigenvalue weighted by atomic mass is 35.5. The molecule has 0 bridgehead atoms. The summed E-state index contributed by atoms with van der Waals surface area (Å²) in [5.74, 6) is -0.354. The molecule has 1 fully saturated rings. The highest BCUT2D eigenvalue weighted by Crippen LogP contribution is 2.38. The quantitative estimate of drug-likeness (QED) is 0.785. The summed E-state index contributed by atoms with van der Waals surface area (Å²) in [5.41, 5.74) is 1.95. The Labute approximate surface area is 163 Å². The lowest BCUT2D eigenvalue weighted by Crippen LogP contribution is -2.41. The van der Waals surface area contributed by atoms with Gasteiger partial charge >= 0.3 is 5.97 Å². The second kappa shape index (κ2) is 8.30. The van der Waals surface area contributed by atoms with Crippen LogP contribution in [-0.2, 0) is 4.79 Å². The number of nitrogens with zero attached hydrogens (tertiary/aromatic N) is 1. The van der Waals surface area contributed by atoms with Crippen molar-refractivity contribution in [2.24, 2.45) is 5.92 Å². The van der Waals surface area contributed by atoms with Crippen molar-refractivity contribution in [3.63, 3.8) is 0 Å². The number of piperidine rings is 1. The van der Waals surface area contributed by atoms with Crippen LogP contribution in [0.15, 0.2) is 42.5 Å². The number of hydrogen-bond donors (Lipinski definition) is 1. The molecular formula is C20H21Cl2NO3. The fourth-order valence-electron chi connectivity index (χ4n) is 3.60. The van der Waals surface area contributed by atoms with Crippen LogP contribution in [-0.4, -0.2) is 36.2 Å². The lowest BCUT2D eigenvalue weighted by Gasteiger charge is -2.38. The molecule has 138 valence electrons. The number of hydrogen-bond acceptors (Lipinski definition) is 3. The summed E-state index contributed by atoms with van der Waals surface area (Å²) >= 11 is 12.4. The Bertz CT molecular complexity index is 796. The Balaban J connectivity index is 2.06. The van der Waals surface area contributed by atoms with Crippen LogP contribution in [0.1, 0.15) is 30.0 Å². The van der Waals surface area contributed by atoms with Gasteiger partial charge < -0.3 is 9.84 Å². The van der Waals surface area contributed by atoms with Crippen LogP contribution < -0.4 is 4.74 Å². The van der Waals surface area contributed by atoms with E-state index >= 15 is 0 Å². The zero-order valence-corrected chi connectivity index (χ0v) is 16.0. The molecule has 26 heavy (non-hydrogen) atoms. The number of likely N-dealkylation sites (tertiary alicyclic amines) is 1. The molecule has 1 aliphatic heterocycles. The van der Waals surface area contributed by atoms with Crippen molar-refractivity contribution in [1.29, 1.82) is 0 Å². The first-order chi connectivity index (χ1) is 12.5. The van der Waals surface area contributed by atoms with Crippen molar-refractivity contribution in [1.82, 2.24) is 4.90 Å². The molecule has 2 aromatic rings. The SMILES string of the molecule is COc1ccccc1C(c1ccc(Cl)c(Cl)c1)N1CCCC(C(=O)O)C1. The number of aliphatic carboxylic acids is 1. The first kappa shape index (κ1) is 19.0. The van der Waals surface area contributed by atoms with E-state index in [4.69, 9.17) is 27.9 Å².